The minimum absolute atomic E-state index is 0.807. The number of fused-ring (bicyclic) bond motifs is 1. The van der Waals surface area contributed by atoms with E-state index in [1.54, 1.807) is 11.5 Å². The lowest BCUT2D eigenvalue weighted by molar-refractivity contribution is 0.558. The molecule has 1 aromatic rings. The van der Waals surface area contributed by atoms with Crippen LogP contribution >= 0.6 is 11.5 Å². The van der Waals surface area contributed by atoms with Gasteiger partial charge in [0.15, 0.2) is 0 Å². The number of hydrogen-bond acceptors (Lipinski definition) is 4. The SMILES string of the molecule is CCc1nsc(N2CCC[C@@H]3C[C@@H]32)n1. The van der Waals surface area contributed by atoms with Crippen LogP contribution in [0, 0.1) is 5.92 Å². The molecule has 0 amide bonds. The maximum Gasteiger partial charge on any atom is 0.205 e. The molecule has 0 bridgehead atoms. The van der Waals surface area contributed by atoms with Crippen LogP contribution in [0.3, 0.4) is 0 Å². The summed E-state index contributed by atoms with van der Waals surface area (Å²) in [6, 6.07) is 0.807. The quantitative estimate of drug-likeness (QED) is 0.747. The first-order valence-corrected chi connectivity index (χ1v) is 6.25. The molecule has 2 aliphatic rings. The molecule has 1 saturated heterocycles. The Kier molecular flexibility index (Phi) is 1.97. The molecule has 4 heteroatoms. The number of piperidine rings is 1. The van der Waals surface area contributed by atoms with Gasteiger partial charge >= 0.3 is 0 Å². The van der Waals surface area contributed by atoms with E-state index in [4.69, 9.17) is 0 Å². The Hall–Kier alpha value is -0.640. The smallest absolute Gasteiger partial charge is 0.205 e. The molecule has 1 aromatic heterocycles. The molecule has 2 heterocycles. The molecular weight excluding hydrogens is 194 g/mol. The number of anilines is 1. The molecule has 2 atom stereocenters. The zero-order valence-corrected chi connectivity index (χ0v) is 9.26. The van der Waals surface area contributed by atoms with Crippen LogP contribution in [-0.4, -0.2) is 21.9 Å². The largest absolute Gasteiger partial charge is 0.344 e. The van der Waals surface area contributed by atoms with E-state index >= 15 is 0 Å². The molecule has 76 valence electrons. The summed E-state index contributed by atoms with van der Waals surface area (Å²) in [5, 5.41) is 1.16. The number of aromatic nitrogens is 2. The Morgan fingerprint density at radius 2 is 2.50 bits per heavy atom. The molecule has 1 aliphatic carbocycles. The maximum atomic E-state index is 4.56. The Morgan fingerprint density at radius 3 is 3.29 bits per heavy atom. The van der Waals surface area contributed by atoms with Gasteiger partial charge in [-0.05, 0) is 25.2 Å². The average Bonchev–Trinajstić information content (AvgIpc) is 2.86. The highest BCUT2D eigenvalue weighted by molar-refractivity contribution is 7.09. The van der Waals surface area contributed by atoms with Crippen LogP contribution in [0.1, 0.15) is 32.0 Å². The molecule has 3 rings (SSSR count). The fourth-order valence-electron chi connectivity index (χ4n) is 2.36. The van der Waals surface area contributed by atoms with Crippen molar-refractivity contribution in [3.05, 3.63) is 5.82 Å². The van der Waals surface area contributed by atoms with Crippen LogP contribution in [-0.2, 0) is 6.42 Å². The van der Waals surface area contributed by atoms with Gasteiger partial charge in [-0.25, -0.2) is 4.98 Å². The van der Waals surface area contributed by atoms with E-state index in [2.05, 4.69) is 21.2 Å². The van der Waals surface area contributed by atoms with Gasteiger partial charge in [0.1, 0.15) is 5.82 Å². The third kappa shape index (κ3) is 1.32. The predicted molar refractivity (Wildman–Crippen MR) is 57.8 cm³/mol. The summed E-state index contributed by atoms with van der Waals surface area (Å²) in [5.74, 6) is 1.98. The average molecular weight is 209 g/mol. The van der Waals surface area contributed by atoms with Crippen LogP contribution in [0.5, 0.6) is 0 Å². The van der Waals surface area contributed by atoms with Gasteiger partial charge in [-0.1, -0.05) is 6.92 Å². The fourth-order valence-corrected chi connectivity index (χ4v) is 3.19. The van der Waals surface area contributed by atoms with E-state index in [1.165, 1.54) is 25.8 Å². The lowest BCUT2D eigenvalue weighted by Crippen LogP contribution is -2.31. The normalized spacial score (nSPS) is 30.2. The molecule has 0 aromatic carbocycles. The van der Waals surface area contributed by atoms with Crippen molar-refractivity contribution in [3.8, 4) is 0 Å². The van der Waals surface area contributed by atoms with E-state index in [0.29, 0.717) is 0 Å². The molecular formula is C10H15N3S. The molecule has 3 nitrogen and oxygen atoms in total. The molecule has 2 fully saturated rings. The van der Waals surface area contributed by atoms with Crippen LogP contribution in [0.2, 0.25) is 0 Å². The van der Waals surface area contributed by atoms with E-state index in [-0.39, 0.29) is 0 Å². The van der Waals surface area contributed by atoms with Gasteiger partial charge in [-0.15, -0.1) is 0 Å². The maximum absolute atomic E-state index is 4.56. The van der Waals surface area contributed by atoms with E-state index in [1.807, 2.05) is 0 Å². The number of rotatable bonds is 2. The summed E-state index contributed by atoms with van der Waals surface area (Å²) in [5.41, 5.74) is 0. The van der Waals surface area contributed by atoms with Crippen LogP contribution in [0.25, 0.3) is 0 Å². The first kappa shape index (κ1) is 8.65. The van der Waals surface area contributed by atoms with Crippen molar-refractivity contribution in [3.63, 3.8) is 0 Å². The van der Waals surface area contributed by atoms with Gasteiger partial charge in [0.25, 0.3) is 0 Å². The molecule has 14 heavy (non-hydrogen) atoms. The second-order valence-electron chi connectivity index (χ2n) is 4.25. The number of nitrogens with zero attached hydrogens (tertiary/aromatic N) is 3. The molecule has 0 spiro atoms. The Labute approximate surface area is 88.3 Å². The topological polar surface area (TPSA) is 29.0 Å². The van der Waals surface area contributed by atoms with Crippen LogP contribution < -0.4 is 4.90 Å². The van der Waals surface area contributed by atoms with Crippen molar-refractivity contribution in [1.82, 2.24) is 9.36 Å². The summed E-state index contributed by atoms with van der Waals surface area (Å²) < 4.78 is 4.35. The van der Waals surface area contributed by atoms with Gasteiger partial charge in [0.2, 0.25) is 5.13 Å². The third-order valence-corrected chi connectivity index (χ3v) is 4.07. The highest BCUT2D eigenvalue weighted by Crippen LogP contribution is 2.45. The van der Waals surface area contributed by atoms with Gasteiger partial charge < -0.3 is 4.90 Å². The summed E-state index contributed by atoms with van der Waals surface area (Å²) >= 11 is 1.58. The predicted octanol–water partition coefficient (Wildman–Crippen LogP) is 2.09. The first-order chi connectivity index (χ1) is 6.88. The summed E-state index contributed by atoms with van der Waals surface area (Å²) in [4.78, 5) is 7.04. The van der Waals surface area contributed by atoms with E-state index in [0.717, 1.165) is 29.3 Å². The lowest BCUT2D eigenvalue weighted by atomic mass is 10.1. The van der Waals surface area contributed by atoms with Crippen LogP contribution in [0.15, 0.2) is 0 Å². The fraction of sp³-hybridized carbons (Fsp3) is 0.800. The van der Waals surface area contributed by atoms with Gasteiger partial charge in [-0.3, -0.25) is 0 Å². The summed E-state index contributed by atoms with van der Waals surface area (Å²) in [6.07, 6.45) is 5.11. The van der Waals surface area contributed by atoms with Gasteiger partial charge in [0, 0.05) is 30.5 Å². The molecule has 0 unspecified atom stereocenters. The Balaban J connectivity index is 1.80. The summed E-state index contributed by atoms with van der Waals surface area (Å²) in [7, 11) is 0. The third-order valence-electron chi connectivity index (χ3n) is 3.28. The number of hydrogen-bond donors (Lipinski definition) is 0. The highest BCUT2D eigenvalue weighted by atomic mass is 32.1. The Morgan fingerprint density at radius 1 is 1.57 bits per heavy atom. The first-order valence-electron chi connectivity index (χ1n) is 5.47. The van der Waals surface area contributed by atoms with Gasteiger partial charge in [-0.2, -0.15) is 4.37 Å². The van der Waals surface area contributed by atoms with E-state index in [9.17, 15) is 0 Å². The zero-order valence-electron chi connectivity index (χ0n) is 8.44. The van der Waals surface area contributed by atoms with Crippen molar-refractivity contribution in [2.45, 2.75) is 38.6 Å². The standard InChI is InChI=1S/C10H15N3S/c1-2-9-11-10(14-12-9)13-5-3-4-7-6-8(7)13/h7-8H,2-6H2,1H3/t7-,8+/m1/s1. The zero-order chi connectivity index (χ0) is 9.54. The number of aryl methyl sites for hydroxylation is 1. The molecule has 1 aliphatic heterocycles. The Bertz CT molecular complexity index is 336. The summed E-state index contributed by atoms with van der Waals surface area (Å²) in [6.45, 7) is 3.31. The van der Waals surface area contributed by atoms with Crippen molar-refractivity contribution in [1.29, 1.82) is 0 Å². The second-order valence-corrected chi connectivity index (χ2v) is 4.98. The lowest BCUT2D eigenvalue weighted by Gasteiger charge is -2.25. The molecule has 1 saturated carbocycles. The highest BCUT2D eigenvalue weighted by Gasteiger charge is 2.45. The van der Waals surface area contributed by atoms with E-state index < -0.39 is 0 Å². The minimum atomic E-state index is 0.807. The molecule has 0 radical (unpaired) electrons. The van der Waals surface area contributed by atoms with Crippen molar-refractivity contribution < 1.29 is 0 Å². The van der Waals surface area contributed by atoms with Crippen LogP contribution in [0.4, 0.5) is 5.13 Å². The monoisotopic (exact) mass is 209 g/mol. The van der Waals surface area contributed by atoms with Crippen molar-refractivity contribution in [2.24, 2.45) is 5.92 Å². The second kappa shape index (κ2) is 3.19. The minimum Gasteiger partial charge on any atom is -0.344 e. The van der Waals surface area contributed by atoms with Crippen molar-refractivity contribution >= 4 is 16.7 Å². The van der Waals surface area contributed by atoms with Crippen molar-refractivity contribution in [2.75, 3.05) is 11.4 Å². The molecule has 0 N–H and O–H groups in total. The van der Waals surface area contributed by atoms with Gasteiger partial charge in [0.05, 0.1) is 0 Å².